The van der Waals surface area contributed by atoms with E-state index in [0.29, 0.717) is 17.3 Å². The molecule has 0 unspecified atom stereocenters. The summed E-state index contributed by atoms with van der Waals surface area (Å²) in [5, 5.41) is 0. The summed E-state index contributed by atoms with van der Waals surface area (Å²) in [5.41, 5.74) is 1.68. The lowest BCUT2D eigenvalue weighted by Crippen LogP contribution is -2.26. The molecule has 1 saturated carbocycles. The molecule has 3 heteroatoms. The zero-order valence-electron chi connectivity index (χ0n) is 14.2. The van der Waals surface area contributed by atoms with Gasteiger partial charge in [0.05, 0.1) is 0 Å². The van der Waals surface area contributed by atoms with Crippen molar-refractivity contribution < 1.29 is 0 Å². The zero-order valence-corrected chi connectivity index (χ0v) is 15.0. The van der Waals surface area contributed by atoms with Crippen LogP contribution in [0, 0.1) is 21.9 Å². The molecular formula is C18H30N2S. The van der Waals surface area contributed by atoms with E-state index in [-0.39, 0.29) is 0 Å². The summed E-state index contributed by atoms with van der Waals surface area (Å²) < 4.78 is 0.748. The average molecular weight is 307 g/mol. The van der Waals surface area contributed by atoms with E-state index in [9.17, 15) is 0 Å². The van der Waals surface area contributed by atoms with Gasteiger partial charge in [-0.3, -0.25) is 0 Å². The molecule has 1 aromatic rings. The highest BCUT2D eigenvalue weighted by Gasteiger charge is 2.31. The van der Waals surface area contributed by atoms with Gasteiger partial charge in [0.1, 0.15) is 10.5 Å². The van der Waals surface area contributed by atoms with Gasteiger partial charge in [-0.05, 0) is 55.4 Å². The van der Waals surface area contributed by atoms with E-state index in [1.54, 1.807) is 0 Å². The Morgan fingerprint density at radius 3 is 2.38 bits per heavy atom. The van der Waals surface area contributed by atoms with E-state index >= 15 is 0 Å². The molecular weight excluding hydrogens is 276 g/mol. The van der Waals surface area contributed by atoms with Gasteiger partial charge in [-0.25, -0.2) is 4.98 Å². The Balaban J connectivity index is 2.10. The minimum atomic E-state index is 0.435. The van der Waals surface area contributed by atoms with Crippen LogP contribution in [-0.2, 0) is 6.42 Å². The van der Waals surface area contributed by atoms with Crippen molar-refractivity contribution in [3.63, 3.8) is 0 Å². The monoisotopic (exact) mass is 306 g/mol. The van der Waals surface area contributed by atoms with Gasteiger partial charge in [0, 0.05) is 11.6 Å². The molecule has 0 amide bonds. The minimum absolute atomic E-state index is 0.435. The van der Waals surface area contributed by atoms with Crippen molar-refractivity contribution in [3.8, 4) is 0 Å². The summed E-state index contributed by atoms with van der Waals surface area (Å²) >= 11 is 5.36. The smallest absolute Gasteiger partial charge is 0.129 e. The lowest BCUT2D eigenvalue weighted by Gasteiger charge is -2.36. The van der Waals surface area contributed by atoms with Gasteiger partial charge in [-0.2, -0.15) is 0 Å². The molecule has 1 aliphatic rings. The van der Waals surface area contributed by atoms with Crippen LogP contribution in [0.3, 0.4) is 0 Å². The molecule has 0 bridgehead atoms. The van der Waals surface area contributed by atoms with Crippen LogP contribution in [0.15, 0.2) is 6.07 Å². The van der Waals surface area contributed by atoms with Crippen LogP contribution < -0.4 is 0 Å². The Kier molecular flexibility index (Phi) is 5.24. The van der Waals surface area contributed by atoms with E-state index in [1.807, 2.05) is 6.07 Å². The molecule has 1 aromatic heterocycles. The maximum absolute atomic E-state index is 5.36. The number of nitrogens with zero attached hydrogens (tertiary/aromatic N) is 1. The van der Waals surface area contributed by atoms with Crippen molar-refractivity contribution >= 4 is 12.2 Å². The molecule has 0 spiro atoms. The Morgan fingerprint density at radius 1 is 1.24 bits per heavy atom. The van der Waals surface area contributed by atoms with Gasteiger partial charge >= 0.3 is 0 Å². The van der Waals surface area contributed by atoms with Gasteiger partial charge in [-0.1, -0.05) is 46.8 Å². The summed E-state index contributed by atoms with van der Waals surface area (Å²) in [6.07, 6.45) is 6.16. The highest BCUT2D eigenvalue weighted by atomic mass is 32.1. The number of rotatable bonds is 3. The highest BCUT2D eigenvalue weighted by Crippen LogP contribution is 2.42. The third-order valence-electron chi connectivity index (χ3n) is 4.78. The van der Waals surface area contributed by atoms with Crippen LogP contribution in [0.4, 0.5) is 0 Å². The number of nitrogens with one attached hydrogen (secondary N) is 1. The Hall–Kier alpha value is -0.700. The van der Waals surface area contributed by atoms with Crippen molar-refractivity contribution in [2.24, 2.45) is 17.3 Å². The molecule has 0 atom stereocenters. The Bertz CT molecular complexity index is 517. The highest BCUT2D eigenvalue weighted by molar-refractivity contribution is 7.71. The number of aromatic amines is 1. The van der Waals surface area contributed by atoms with Crippen LogP contribution in [0.1, 0.15) is 77.7 Å². The summed E-state index contributed by atoms with van der Waals surface area (Å²) in [5.74, 6) is 3.18. The maximum Gasteiger partial charge on any atom is 0.129 e. The fourth-order valence-corrected chi connectivity index (χ4v) is 3.75. The summed E-state index contributed by atoms with van der Waals surface area (Å²) in [6, 6.07) is 2.03. The average Bonchev–Trinajstić information content (AvgIpc) is 2.36. The van der Waals surface area contributed by atoms with E-state index in [4.69, 9.17) is 12.2 Å². The van der Waals surface area contributed by atoms with E-state index in [1.165, 1.54) is 31.4 Å². The standard InChI is InChI=1S/C18H30N2S/c1-12(2)10-15-11-16(21)20-17(19-15)13-6-8-14(9-7-13)18(3,4)5/h11-14H,6-10H2,1-5H3,(H,19,20,21). The quantitative estimate of drug-likeness (QED) is 0.730. The van der Waals surface area contributed by atoms with Crippen LogP contribution >= 0.6 is 12.2 Å². The Morgan fingerprint density at radius 2 is 1.86 bits per heavy atom. The minimum Gasteiger partial charge on any atom is -0.347 e. The zero-order chi connectivity index (χ0) is 15.6. The van der Waals surface area contributed by atoms with Crippen molar-refractivity contribution in [2.45, 2.75) is 72.6 Å². The van der Waals surface area contributed by atoms with Crippen molar-refractivity contribution in [1.29, 1.82) is 0 Å². The second kappa shape index (κ2) is 6.60. The molecule has 0 radical (unpaired) electrons. The molecule has 0 aliphatic heterocycles. The topological polar surface area (TPSA) is 28.7 Å². The summed E-state index contributed by atoms with van der Waals surface area (Å²) in [4.78, 5) is 8.17. The predicted octanol–water partition coefficient (Wildman–Crippen LogP) is 5.66. The van der Waals surface area contributed by atoms with Crippen molar-refractivity contribution in [3.05, 3.63) is 22.2 Å². The Labute approximate surface area is 134 Å². The molecule has 118 valence electrons. The van der Waals surface area contributed by atoms with Gasteiger partial charge < -0.3 is 4.98 Å². The summed E-state index contributed by atoms with van der Waals surface area (Å²) in [7, 11) is 0. The first-order chi connectivity index (χ1) is 9.75. The molecule has 1 N–H and O–H groups in total. The first-order valence-corrected chi connectivity index (χ1v) is 8.76. The first-order valence-electron chi connectivity index (χ1n) is 8.36. The molecule has 1 heterocycles. The molecule has 1 aliphatic carbocycles. The first kappa shape index (κ1) is 16.7. The third-order valence-corrected chi connectivity index (χ3v) is 4.99. The van der Waals surface area contributed by atoms with Gasteiger partial charge in [-0.15, -0.1) is 0 Å². The fraction of sp³-hybridized carbons (Fsp3) is 0.778. The largest absolute Gasteiger partial charge is 0.347 e. The normalized spacial score (nSPS) is 23.5. The van der Waals surface area contributed by atoms with Gasteiger partial charge in [0.25, 0.3) is 0 Å². The maximum atomic E-state index is 5.36. The summed E-state index contributed by atoms with van der Waals surface area (Å²) in [6.45, 7) is 11.6. The molecule has 21 heavy (non-hydrogen) atoms. The molecule has 2 rings (SSSR count). The van der Waals surface area contributed by atoms with Crippen LogP contribution in [0.2, 0.25) is 0 Å². The molecule has 1 fully saturated rings. The van der Waals surface area contributed by atoms with E-state index in [2.05, 4.69) is 44.6 Å². The molecule has 2 nitrogen and oxygen atoms in total. The molecule has 0 aromatic carbocycles. The van der Waals surface area contributed by atoms with Crippen LogP contribution in [-0.4, -0.2) is 9.97 Å². The van der Waals surface area contributed by atoms with Gasteiger partial charge in [0.15, 0.2) is 0 Å². The second-order valence-electron chi connectivity index (χ2n) is 8.14. The number of hydrogen-bond donors (Lipinski definition) is 1. The van der Waals surface area contributed by atoms with E-state index in [0.717, 1.165) is 22.8 Å². The van der Waals surface area contributed by atoms with Gasteiger partial charge in [0.2, 0.25) is 0 Å². The number of H-pyrrole nitrogens is 1. The second-order valence-corrected chi connectivity index (χ2v) is 8.56. The van der Waals surface area contributed by atoms with E-state index < -0.39 is 0 Å². The van der Waals surface area contributed by atoms with Crippen LogP contribution in [0.25, 0.3) is 0 Å². The lowest BCUT2D eigenvalue weighted by atomic mass is 9.69. The third kappa shape index (κ3) is 4.64. The number of aromatic nitrogens is 2. The van der Waals surface area contributed by atoms with Crippen LogP contribution in [0.5, 0.6) is 0 Å². The number of hydrogen-bond acceptors (Lipinski definition) is 2. The van der Waals surface area contributed by atoms with Crippen molar-refractivity contribution in [2.75, 3.05) is 0 Å². The lowest BCUT2D eigenvalue weighted by molar-refractivity contribution is 0.167. The fourth-order valence-electron chi connectivity index (χ4n) is 3.50. The van der Waals surface area contributed by atoms with Crippen molar-refractivity contribution in [1.82, 2.24) is 9.97 Å². The predicted molar refractivity (Wildman–Crippen MR) is 92.1 cm³/mol. The SMILES string of the molecule is CC(C)Cc1cc(=S)nc(C2CCC(C(C)(C)C)CC2)[nH]1. The molecule has 0 saturated heterocycles.